The molecule has 0 aliphatic carbocycles. The zero-order chi connectivity index (χ0) is 19.4. The number of halogens is 1. The molecule has 0 saturated carbocycles. The van der Waals surface area contributed by atoms with Gasteiger partial charge >= 0.3 is 0 Å². The van der Waals surface area contributed by atoms with Crippen molar-refractivity contribution < 1.29 is 9.18 Å². The van der Waals surface area contributed by atoms with Crippen LogP contribution in [0.5, 0.6) is 0 Å². The van der Waals surface area contributed by atoms with Gasteiger partial charge in [-0.1, -0.05) is 12.1 Å². The number of aliphatic imine (C=N–C) groups is 1. The first-order valence-electron chi connectivity index (χ1n) is 8.44. The minimum absolute atomic E-state index is 0.207. The van der Waals surface area contributed by atoms with Gasteiger partial charge in [0.2, 0.25) is 0 Å². The van der Waals surface area contributed by atoms with E-state index < -0.39 is 0 Å². The number of nitrogens with two attached hydrogens (primary N) is 1. The van der Waals surface area contributed by atoms with Gasteiger partial charge in [-0.15, -0.1) is 0 Å². The van der Waals surface area contributed by atoms with Crippen molar-refractivity contribution in [2.75, 3.05) is 32.1 Å². The van der Waals surface area contributed by atoms with Crippen LogP contribution in [0.25, 0.3) is 0 Å². The lowest BCUT2D eigenvalue weighted by Gasteiger charge is -2.18. The second-order valence-corrected chi connectivity index (χ2v) is 6.47. The summed E-state index contributed by atoms with van der Waals surface area (Å²) >= 11 is 0. The van der Waals surface area contributed by atoms with Crippen LogP contribution < -0.4 is 10.6 Å². The molecule has 3 rings (SSSR count). The first kappa shape index (κ1) is 18.5. The van der Waals surface area contributed by atoms with Crippen LogP contribution in [0.4, 0.5) is 10.2 Å². The quantitative estimate of drug-likeness (QED) is 0.811. The van der Waals surface area contributed by atoms with Crippen LogP contribution in [-0.4, -0.2) is 54.2 Å². The number of nitrogens with zero attached hydrogens (tertiary/aromatic N) is 5. The van der Waals surface area contributed by atoms with E-state index in [1.54, 1.807) is 32.6 Å². The van der Waals surface area contributed by atoms with Crippen LogP contribution in [0.3, 0.4) is 0 Å². The van der Waals surface area contributed by atoms with E-state index in [4.69, 9.17) is 5.73 Å². The Morgan fingerprint density at radius 1 is 1.37 bits per heavy atom. The lowest BCUT2D eigenvalue weighted by Crippen LogP contribution is -2.26. The summed E-state index contributed by atoms with van der Waals surface area (Å²) in [4.78, 5) is 28.3. The van der Waals surface area contributed by atoms with Crippen molar-refractivity contribution in [3.63, 3.8) is 0 Å². The Bertz CT molecular complexity index is 909. The van der Waals surface area contributed by atoms with Gasteiger partial charge in [-0.2, -0.15) is 0 Å². The lowest BCUT2D eigenvalue weighted by atomic mass is 10.2. The van der Waals surface area contributed by atoms with E-state index in [0.717, 1.165) is 11.1 Å². The third-order valence-electron chi connectivity index (χ3n) is 4.12. The Morgan fingerprint density at radius 2 is 2.19 bits per heavy atom. The zero-order valence-corrected chi connectivity index (χ0v) is 15.3. The fraction of sp³-hybridized carbons (Fsp3) is 0.263. The van der Waals surface area contributed by atoms with Crippen molar-refractivity contribution in [2.45, 2.75) is 6.54 Å². The molecule has 1 aromatic carbocycles. The Kier molecular flexibility index (Phi) is 5.44. The molecule has 1 aliphatic heterocycles. The highest BCUT2D eigenvalue weighted by Crippen LogP contribution is 2.19. The van der Waals surface area contributed by atoms with E-state index >= 15 is 0 Å². The van der Waals surface area contributed by atoms with Crippen molar-refractivity contribution in [3.05, 3.63) is 65.0 Å². The number of benzene rings is 1. The highest BCUT2D eigenvalue weighted by Gasteiger charge is 2.21. The van der Waals surface area contributed by atoms with Gasteiger partial charge in [-0.25, -0.2) is 9.37 Å². The Morgan fingerprint density at radius 3 is 2.93 bits per heavy atom. The summed E-state index contributed by atoms with van der Waals surface area (Å²) in [6.07, 6.45) is 4.76. The second kappa shape index (κ2) is 7.94. The minimum atomic E-state index is -0.279. The highest BCUT2D eigenvalue weighted by molar-refractivity contribution is 5.92. The normalized spacial score (nSPS) is 14.3. The molecule has 1 amide bonds. The number of hydrogen-bond acceptors (Lipinski definition) is 6. The van der Waals surface area contributed by atoms with Crippen LogP contribution in [0.1, 0.15) is 16.1 Å². The molecule has 0 unspecified atom stereocenters. The molecule has 0 radical (unpaired) electrons. The molecule has 2 N–H and O–H groups in total. The molecule has 0 spiro atoms. The maximum atomic E-state index is 13.2. The zero-order valence-electron chi connectivity index (χ0n) is 15.3. The standard InChI is InChI=1S/C19H21FN6O/c1-25(2)19(27)17-9-23-10-18(24-17)26-11-14(16(21)12-26)8-22-7-13-4-3-5-15(20)6-13/h3-6,8-10H,7,11-12,21H2,1-2H3. The lowest BCUT2D eigenvalue weighted by molar-refractivity contribution is 0.0821. The topological polar surface area (TPSA) is 87.7 Å². The van der Waals surface area contributed by atoms with Gasteiger partial charge < -0.3 is 15.5 Å². The number of hydrogen-bond donors (Lipinski definition) is 1. The fourth-order valence-electron chi connectivity index (χ4n) is 2.69. The minimum Gasteiger partial charge on any atom is -0.400 e. The molecule has 2 aromatic rings. The predicted molar refractivity (Wildman–Crippen MR) is 102 cm³/mol. The van der Waals surface area contributed by atoms with Crippen molar-refractivity contribution >= 4 is 17.9 Å². The van der Waals surface area contributed by atoms with E-state index in [2.05, 4.69) is 15.0 Å². The summed E-state index contributed by atoms with van der Waals surface area (Å²) in [6.45, 7) is 1.38. The predicted octanol–water partition coefficient (Wildman–Crippen LogP) is 1.62. The van der Waals surface area contributed by atoms with Crippen LogP contribution in [0, 0.1) is 5.82 Å². The van der Waals surface area contributed by atoms with Crippen molar-refractivity contribution in [1.29, 1.82) is 0 Å². The summed E-state index contributed by atoms with van der Waals surface area (Å²) < 4.78 is 13.2. The number of carbonyl (C=O) groups is 1. The van der Waals surface area contributed by atoms with Crippen molar-refractivity contribution in [3.8, 4) is 0 Å². The van der Waals surface area contributed by atoms with Crippen LogP contribution in [0.15, 0.2) is 52.9 Å². The van der Waals surface area contributed by atoms with Gasteiger partial charge in [0.05, 0.1) is 25.5 Å². The van der Waals surface area contributed by atoms with E-state index in [1.165, 1.54) is 23.2 Å². The largest absolute Gasteiger partial charge is 0.400 e. The van der Waals surface area contributed by atoms with E-state index in [-0.39, 0.29) is 17.4 Å². The van der Waals surface area contributed by atoms with E-state index in [9.17, 15) is 9.18 Å². The molecule has 1 aliphatic rings. The summed E-state index contributed by atoms with van der Waals surface area (Å²) in [5.74, 6) is 0.0970. The van der Waals surface area contributed by atoms with Gasteiger partial charge in [0.25, 0.3) is 5.91 Å². The molecule has 140 valence electrons. The van der Waals surface area contributed by atoms with Gasteiger partial charge in [0, 0.05) is 38.1 Å². The first-order valence-corrected chi connectivity index (χ1v) is 8.44. The molecular weight excluding hydrogens is 347 g/mol. The average Bonchev–Trinajstić information content (AvgIpc) is 3.02. The molecule has 0 atom stereocenters. The molecule has 1 aromatic heterocycles. The number of rotatable bonds is 5. The Labute approximate surface area is 157 Å². The summed E-state index contributed by atoms with van der Waals surface area (Å²) in [7, 11) is 3.33. The molecule has 0 bridgehead atoms. The van der Waals surface area contributed by atoms with Gasteiger partial charge in [-0.3, -0.25) is 14.8 Å². The maximum absolute atomic E-state index is 13.2. The smallest absolute Gasteiger partial charge is 0.273 e. The summed E-state index contributed by atoms with van der Waals surface area (Å²) in [6, 6.07) is 6.34. The Hall–Kier alpha value is -3.29. The third kappa shape index (κ3) is 4.46. The van der Waals surface area contributed by atoms with Gasteiger partial charge in [-0.05, 0) is 17.7 Å². The number of aromatic nitrogens is 2. The first-order chi connectivity index (χ1) is 12.9. The monoisotopic (exact) mass is 368 g/mol. The average molecular weight is 368 g/mol. The molecule has 27 heavy (non-hydrogen) atoms. The van der Waals surface area contributed by atoms with Crippen molar-refractivity contribution in [1.82, 2.24) is 14.9 Å². The number of amides is 1. The van der Waals surface area contributed by atoms with Crippen LogP contribution >= 0.6 is 0 Å². The molecule has 0 fully saturated rings. The summed E-state index contributed by atoms with van der Waals surface area (Å²) in [5.41, 5.74) is 8.75. The van der Waals surface area contributed by atoms with Crippen LogP contribution in [-0.2, 0) is 6.54 Å². The van der Waals surface area contributed by atoms with Crippen LogP contribution in [0.2, 0.25) is 0 Å². The molecule has 0 saturated heterocycles. The maximum Gasteiger partial charge on any atom is 0.273 e. The van der Waals surface area contributed by atoms with Gasteiger partial charge in [0.15, 0.2) is 0 Å². The molecule has 2 heterocycles. The van der Waals surface area contributed by atoms with E-state index in [0.29, 0.717) is 31.1 Å². The third-order valence-corrected chi connectivity index (χ3v) is 4.12. The summed E-state index contributed by atoms with van der Waals surface area (Å²) in [5, 5.41) is 0. The second-order valence-electron chi connectivity index (χ2n) is 6.47. The molecule has 7 nitrogen and oxygen atoms in total. The number of anilines is 1. The highest BCUT2D eigenvalue weighted by atomic mass is 19.1. The SMILES string of the molecule is CN(C)C(=O)c1cncc(N2CC(N)=C(C=NCc3cccc(F)c3)C2)n1. The molecular formula is C19H21FN6O. The number of carbonyl (C=O) groups excluding carboxylic acids is 1. The fourth-order valence-corrected chi connectivity index (χ4v) is 2.69. The van der Waals surface area contributed by atoms with Crippen molar-refractivity contribution in [2.24, 2.45) is 10.7 Å². The Balaban J connectivity index is 1.67. The van der Waals surface area contributed by atoms with E-state index in [1.807, 2.05) is 11.0 Å². The molecule has 8 heteroatoms. The van der Waals surface area contributed by atoms with Gasteiger partial charge in [0.1, 0.15) is 17.3 Å².